The molecule has 1 atom stereocenters. The standard InChI is InChI=1S/C12H16F2N2/c13-12(14)6-11(12,7-15)10-5-8-3-1-2-4-9(8)16-10/h5,16H,1-4,6-7,15H2. The number of alkyl halides is 2. The number of H-pyrrole nitrogens is 1. The summed E-state index contributed by atoms with van der Waals surface area (Å²) in [4.78, 5) is 3.18. The van der Waals surface area contributed by atoms with Crippen molar-refractivity contribution >= 4 is 0 Å². The zero-order chi connectivity index (χ0) is 11.4. The Kier molecular flexibility index (Phi) is 1.97. The summed E-state index contributed by atoms with van der Waals surface area (Å²) < 4.78 is 26.8. The Morgan fingerprint density at radius 2 is 2.00 bits per heavy atom. The first-order valence-electron chi connectivity index (χ1n) is 5.88. The average molecular weight is 226 g/mol. The fourth-order valence-corrected chi connectivity index (χ4v) is 2.82. The van der Waals surface area contributed by atoms with Gasteiger partial charge in [0.25, 0.3) is 5.92 Å². The first-order chi connectivity index (χ1) is 7.59. The van der Waals surface area contributed by atoms with Crippen LogP contribution in [0.2, 0.25) is 0 Å². The van der Waals surface area contributed by atoms with Gasteiger partial charge in [0, 0.05) is 24.4 Å². The van der Waals surface area contributed by atoms with E-state index in [0.717, 1.165) is 31.4 Å². The van der Waals surface area contributed by atoms with Gasteiger partial charge in [-0.1, -0.05) is 0 Å². The fraction of sp³-hybridized carbons (Fsp3) is 0.667. The highest BCUT2D eigenvalue weighted by atomic mass is 19.3. The van der Waals surface area contributed by atoms with E-state index in [-0.39, 0.29) is 13.0 Å². The minimum atomic E-state index is -2.62. The molecule has 0 aliphatic heterocycles. The minimum Gasteiger partial charge on any atom is -0.361 e. The molecular weight excluding hydrogens is 210 g/mol. The van der Waals surface area contributed by atoms with Crippen LogP contribution in [-0.4, -0.2) is 17.5 Å². The lowest BCUT2D eigenvalue weighted by molar-refractivity contribution is 0.0887. The summed E-state index contributed by atoms with van der Waals surface area (Å²) in [7, 11) is 0. The number of hydrogen-bond donors (Lipinski definition) is 2. The summed E-state index contributed by atoms with van der Waals surface area (Å²) in [5, 5.41) is 0. The van der Waals surface area contributed by atoms with Crippen molar-refractivity contribution in [3.8, 4) is 0 Å². The largest absolute Gasteiger partial charge is 0.361 e. The Morgan fingerprint density at radius 3 is 2.56 bits per heavy atom. The van der Waals surface area contributed by atoms with Crippen LogP contribution in [-0.2, 0) is 18.3 Å². The lowest BCUT2D eigenvalue weighted by Crippen LogP contribution is -2.27. The second-order valence-corrected chi connectivity index (χ2v) is 5.06. The van der Waals surface area contributed by atoms with Gasteiger partial charge < -0.3 is 10.7 Å². The van der Waals surface area contributed by atoms with Crippen LogP contribution in [0.3, 0.4) is 0 Å². The van der Waals surface area contributed by atoms with Gasteiger partial charge in [0.2, 0.25) is 0 Å². The van der Waals surface area contributed by atoms with E-state index in [1.807, 2.05) is 6.07 Å². The summed E-state index contributed by atoms with van der Waals surface area (Å²) in [6, 6.07) is 1.92. The molecule has 4 heteroatoms. The molecule has 2 aliphatic rings. The molecule has 16 heavy (non-hydrogen) atoms. The third kappa shape index (κ3) is 1.19. The highest BCUT2D eigenvalue weighted by Gasteiger charge is 2.72. The number of halogens is 2. The van der Waals surface area contributed by atoms with Crippen LogP contribution < -0.4 is 5.73 Å². The van der Waals surface area contributed by atoms with Gasteiger partial charge in [0.15, 0.2) is 0 Å². The first-order valence-corrected chi connectivity index (χ1v) is 5.88. The number of nitrogens with one attached hydrogen (secondary N) is 1. The van der Waals surface area contributed by atoms with Crippen molar-refractivity contribution in [3.05, 3.63) is 23.0 Å². The van der Waals surface area contributed by atoms with Crippen molar-refractivity contribution in [1.82, 2.24) is 4.98 Å². The van der Waals surface area contributed by atoms with Crippen LogP contribution in [0, 0.1) is 0 Å². The van der Waals surface area contributed by atoms with E-state index in [0.29, 0.717) is 5.69 Å². The van der Waals surface area contributed by atoms with Crippen molar-refractivity contribution in [2.24, 2.45) is 5.73 Å². The van der Waals surface area contributed by atoms with Gasteiger partial charge in [-0.15, -0.1) is 0 Å². The van der Waals surface area contributed by atoms with E-state index in [1.165, 1.54) is 5.56 Å². The SMILES string of the molecule is NCC1(c2cc3c([nH]2)CCCC3)CC1(F)F. The highest BCUT2D eigenvalue weighted by Crippen LogP contribution is 2.60. The molecule has 1 unspecified atom stereocenters. The van der Waals surface area contributed by atoms with Crippen LogP contribution >= 0.6 is 0 Å². The molecule has 3 N–H and O–H groups in total. The fourth-order valence-electron chi connectivity index (χ4n) is 2.82. The minimum absolute atomic E-state index is 0.0272. The number of rotatable bonds is 2. The molecule has 2 aliphatic carbocycles. The number of fused-ring (bicyclic) bond motifs is 1. The summed E-state index contributed by atoms with van der Waals surface area (Å²) in [5.41, 5.74) is 7.47. The van der Waals surface area contributed by atoms with Crippen LogP contribution in [0.25, 0.3) is 0 Å². The van der Waals surface area contributed by atoms with E-state index in [1.54, 1.807) is 0 Å². The summed E-state index contributed by atoms with van der Waals surface area (Å²) in [5.74, 6) is -2.62. The zero-order valence-corrected chi connectivity index (χ0v) is 9.15. The number of hydrogen-bond acceptors (Lipinski definition) is 1. The van der Waals surface area contributed by atoms with Gasteiger partial charge >= 0.3 is 0 Å². The molecule has 1 fully saturated rings. The van der Waals surface area contributed by atoms with Crippen molar-refractivity contribution in [3.63, 3.8) is 0 Å². The lowest BCUT2D eigenvalue weighted by Gasteiger charge is -2.11. The van der Waals surface area contributed by atoms with Crippen molar-refractivity contribution in [2.45, 2.75) is 43.4 Å². The van der Waals surface area contributed by atoms with Gasteiger partial charge in [-0.25, -0.2) is 8.78 Å². The van der Waals surface area contributed by atoms with Crippen LogP contribution in [0.4, 0.5) is 8.78 Å². The Balaban J connectivity index is 1.98. The van der Waals surface area contributed by atoms with Crippen molar-refractivity contribution in [2.75, 3.05) is 6.54 Å². The van der Waals surface area contributed by atoms with E-state index >= 15 is 0 Å². The predicted octanol–water partition coefficient (Wildman–Crippen LogP) is 2.13. The van der Waals surface area contributed by atoms with Gasteiger partial charge in [-0.3, -0.25) is 0 Å². The smallest absolute Gasteiger partial charge is 0.261 e. The molecular formula is C12H16F2N2. The molecule has 3 rings (SSSR count). The number of aromatic amines is 1. The molecule has 0 spiro atoms. The molecule has 0 radical (unpaired) electrons. The van der Waals surface area contributed by atoms with E-state index in [4.69, 9.17) is 5.73 Å². The molecule has 88 valence electrons. The highest BCUT2D eigenvalue weighted by molar-refractivity contribution is 5.40. The quantitative estimate of drug-likeness (QED) is 0.797. The second-order valence-electron chi connectivity index (χ2n) is 5.06. The Hall–Kier alpha value is -0.900. The van der Waals surface area contributed by atoms with Gasteiger partial charge in [0.1, 0.15) is 0 Å². The maximum absolute atomic E-state index is 13.4. The monoisotopic (exact) mass is 226 g/mol. The average Bonchev–Trinajstić information content (AvgIpc) is 2.67. The molecule has 1 saturated carbocycles. The number of aryl methyl sites for hydroxylation is 2. The van der Waals surface area contributed by atoms with E-state index in [2.05, 4.69) is 4.98 Å². The first kappa shape index (κ1) is 10.3. The van der Waals surface area contributed by atoms with Crippen molar-refractivity contribution < 1.29 is 8.78 Å². The summed E-state index contributed by atoms with van der Waals surface area (Å²) in [6.45, 7) is 0.0272. The maximum atomic E-state index is 13.4. The molecule has 0 amide bonds. The van der Waals surface area contributed by atoms with Gasteiger partial charge in [-0.2, -0.15) is 0 Å². The number of aromatic nitrogens is 1. The normalized spacial score (nSPS) is 31.2. The summed E-state index contributed by atoms with van der Waals surface area (Å²) >= 11 is 0. The van der Waals surface area contributed by atoms with E-state index < -0.39 is 11.3 Å². The Bertz CT molecular complexity index is 401. The third-order valence-corrected chi connectivity index (χ3v) is 4.08. The van der Waals surface area contributed by atoms with Crippen LogP contribution in [0.5, 0.6) is 0 Å². The predicted molar refractivity (Wildman–Crippen MR) is 57.7 cm³/mol. The molecule has 1 aromatic rings. The second kappa shape index (κ2) is 3.06. The molecule has 0 saturated heterocycles. The van der Waals surface area contributed by atoms with Gasteiger partial charge in [0.05, 0.1) is 5.41 Å². The van der Waals surface area contributed by atoms with Crippen molar-refractivity contribution in [1.29, 1.82) is 0 Å². The molecule has 2 nitrogen and oxygen atoms in total. The molecule has 0 aromatic carbocycles. The molecule has 0 bridgehead atoms. The molecule has 1 aromatic heterocycles. The Labute approximate surface area is 93.2 Å². The topological polar surface area (TPSA) is 41.8 Å². The zero-order valence-electron chi connectivity index (χ0n) is 9.15. The van der Waals surface area contributed by atoms with E-state index in [9.17, 15) is 8.78 Å². The third-order valence-electron chi connectivity index (χ3n) is 4.08. The number of nitrogens with two attached hydrogens (primary N) is 1. The maximum Gasteiger partial charge on any atom is 0.261 e. The van der Waals surface area contributed by atoms with Crippen LogP contribution in [0.15, 0.2) is 6.07 Å². The molecule has 1 heterocycles. The lowest BCUT2D eigenvalue weighted by atomic mass is 9.97. The summed E-state index contributed by atoms with van der Waals surface area (Å²) in [6.07, 6.45) is 4.21. The van der Waals surface area contributed by atoms with Gasteiger partial charge in [-0.05, 0) is 37.3 Å². The van der Waals surface area contributed by atoms with Crippen LogP contribution in [0.1, 0.15) is 36.2 Å². The Morgan fingerprint density at radius 1 is 1.31 bits per heavy atom.